The van der Waals surface area contributed by atoms with E-state index >= 15 is 0 Å². The highest BCUT2D eigenvalue weighted by Crippen LogP contribution is 2.25. The molecule has 1 atom stereocenters. The molecule has 0 radical (unpaired) electrons. The number of pyridine rings is 1. The van der Waals surface area contributed by atoms with Gasteiger partial charge in [0.25, 0.3) is 5.91 Å². The summed E-state index contributed by atoms with van der Waals surface area (Å²) in [6.45, 7) is 0.149. The predicted octanol–water partition coefficient (Wildman–Crippen LogP) is 4.12. The number of urea groups is 1. The van der Waals surface area contributed by atoms with Crippen LogP contribution in [-0.2, 0) is 17.6 Å². The van der Waals surface area contributed by atoms with Crippen LogP contribution in [0.5, 0.6) is 17.2 Å². The summed E-state index contributed by atoms with van der Waals surface area (Å²) in [6, 6.07) is 14.4. The number of alkyl halides is 3. The molecule has 0 aliphatic rings. The van der Waals surface area contributed by atoms with Gasteiger partial charge in [-0.05, 0) is 35.9 Å². The van der Waals surface area contributed by atoms with E-state index in [0.29, 0.717) is 11.5 Å². The standard InChI is InChI=1S/C22H19F3N4O5S/c1-26-20(30)19-12-17(9-10-27-19)33-16-7-5-14(6-8-16)13-28-21(31)29-15-3-2-4-18(11-15)34-35(32)22(23,24)25/h2-12H,13H2,1H3,(H,26,30)(H2,28,29,31). The third-order valence-corrected chi connectivity index (χ3v) is 4.98. The van der Waals surface area contributed by atoms with Crippen molar-refractivity contribution in [2.24, 2.45) is 0 Å². The highest BCUT2D eigenvalue weighted by atomic mass is 32.2. The summed E-state index contributed by atoms with van der Waals surface area (Å²) in [5, 5.41) is 7.53. The molecule has 184 valence electrons. The Morgan fingerprint density at radius 2 is 1.74 bits per heavy atom. The molecule has 3 amide bonds. The minimum Gasteiger partial charge on any atom is -0.457 e. The molecule has 0 saturated heterocycles. The molecule has 9 nitrogen and oxygen atoms in total. The Morgan fingerprint density at radius 1 is 1.00 bits per heavy atom. The average Bonchev–Trinajstić information content (AvgIpc) is 2.83. The first-order valence-corrected chi connectivity index (χ1v) is 11.0. The van der Waals surface area contributed by atoms with Gasteiger partial charge in [-0.3, -0.25) is 9.78 Å². The highest BCUT2D eigenvalue weighted by molar-refractivity contribution is 7.81. The third-order valence-electron chi connectivity index (χ3n) is 4.26. The lowest BCUT2D eigenvalue weighted by Crippen LogP contribution is -2.28. The lowest BCUT2D eigenvalue weighted by atomic mass is 10.2. The van der Waals surface area contributed by atoms with Crippen molar-refractivity contribution in [2.45, 2.75) is 12.1 Å². The topological polar surface area (TPSA) is 119 Å². The molecule has 35 heavy (non-hydrogen) atoms. The molecular formula is C22H19F3N4O5S. The monoisotopic (exact) mass is 508 g/mol. The number of nitrogens with one attached hydrogen (secondary N) is 3. The number of rotatable bonds is 8. The molecule has 2 aromatic carbocycles. The predicted molar refractivity (Wildman–Crippen MR) is 121 cm³/mol. The number of carbonyl (C=O) groups is 2. The van der Waals surface area contributed by atoms with Gasteiger partial charge >= 0.3 is 22.6 Å². The molecule has 0 bridgehead atoms. The van der Waals surface area contributed by atoms with E-state index in [1.165, 1.54) is 37.5 Å². The van der Waals surface area contributed by atoms with Crippen molar-refractivity contribution in [3.63, 3.8) is 0 Å². The van der Waals surface area contributed by atoms with Crippen LogP contribution in [0.4, 0.5) is 23.7 Å². The quantitative estimate of drug-likeness (QED) is 0.421. The van der Waals surface area contributed by atoms with Crippen LogP contribution >= 0.6 is 0 Å². The number of nitrogens with zero attached hydrogens (tertiary/aromatic N) is 1. The van der Waals surface area contributed by atoms with Gasteiger partial charge in [-0.25, -0.2) is 9.00 Å². The number of halogens is 3. The normalized spacial score (nSPS) is 11.8. The zero-order valence-corrected chi connectivity index (χ0v) is 18.9. The first kappa shape index (κ1) is 25.5. The van der Waals surface area contributed by atoms with Crippen LogP contribution in [0.2, 0.25) is 0 Å². The second-order valence-electron chi connectivity index (χ2n) is 6.80. The average molecular weight is 508 g/mol. The van der Waals surface area contributed by atoms with Crippen LogP contribution in [-0.4, -0.2) is 33.7 Å². The number of anilines is 1. The van der Waals surface area contributed by atoms with E-state index in [1.54, 1.807) is 30.3 Å². The SMILES string of the molecule is CNC(=O)c1cc(Oc2ccc(CNC(=O)Nc3cccc(OS(=O)C(F)(F)F)c3)cc2)ccn1. The Hall–Kier alpha value is -4.13. The number of aromatic nitrogens is 1. The van der Waals surface area contributed by atoms with E-state index in [2.05, 4.69) is 25.1 Å². The first-order valence-electron chi connectivity index (χ1n) is 9.91. The lowest BCUT2D eigenvalue weighted by Gasteiger charge is -2.11. The van der Waals surface area contributed by atoms with E-state index in [-0.39, 0.29) is 29.6 Å². The van der Waals surface area contributed by atoms with Gasteiger partial charge in [0, 0.05) is 37.6 Å². The van der Waals surface area contributed by atoms with E-state index in [4.69, 9.17) is 4.74 Å². The molecule has 0 fully saturated rings. The van der Waals surface area contributed by atoms with Gasteiger partial charge in [-0.2, -0.15) is 13.2 Å². The Bertz CT molecular complexity index is 1220. The summed E-state index contributed by atoms with van der Waals surface area (Å²) in [5.74, 6) is 0.269. The molecule has 1 unspecified atom stereocenters. The number of amides is 3. The van der Waals surface area contributed by atoms with Crippen molar-refractivity contribution in [1.29, 1.82) is 0 Å². The molecule has 3 N–H and O–H groups in total. The van der Waals surface area contributed by atoms with Crippen molar-refractivity contribution in [3.05, 3.63) is 78.1 Å². The van der Waals surface area contributed by atoms with Crippen LogP contribution in [0.3, 0.4) is 0 Å². The lowest BCUT2D eigenvalue weighted by molar-refractivity contribution is -0.0437. The van der Waals surface area contributed by atoms with Crippen LogP contribution in [0.1, 0.15) is 16.1 Å². The van der Waals surface area contributed by atoms with Gasteiger partial charge in [0.05, 0.1) is 0 Å². The first-order chi connectivity index (χ1) is 16.6. The van der Waals surface area contributed by atoms with Gasteiger partial charge in [-0.15, -0.1) is 0 Å². The number of benzene rings is 2. The fraction of sp³-hybridized carbons (Fsp3) is 0.136. The van der Waals surface area contributed by atoms with E-state index in [1.807, 2.05) is 0 Å². The number of hydrogen-bond donors (Lipinski definition) is 3. The van der Waals surface area contributed by atoms with Crippen molar-refractivity contribution < 1.29 is 35.9 Å². The van der Waals surface area contributed by atoms with E-state index in [0.717, 1.165) is 11.6 Å². The second-order valence-corrected chi connectivity index (χ2v) is 7.90. The second kappa shape index (κ2) is 11.3. The van der Waals surface area contributed by atoms with Gasteiger partial charge in [0.2, 0.25) is 0 Å². The molecule has 0 saturated carbocycles. The Balaban J connectivity index is 1.52. The van der Waals surface area contributed by atoms with E-state index < -0.39 is 22.6 Å². The zero-order chi connectivity index (χ0) is 25.4. The van der Waals surface area contributed by atoms with Crippen LogP contribution in [0.25, 0.3) is 0 Å². The summed E-state index contributed by atoms with van der Waals surface area (Å²) < 4.78 is 58.2. The van der Waals surface area contributed by atoms with E-state index in [9.17, 15) is 27.0 Å². The van der Waals surface area contributed by atoms with Crippen molar-refractivity contribution in [3.8, 4) is 17.2 Å². The molecule has 0 spiro atoms. The summed E-state index contributed by atoms with van der Waals surface area (Å²) >= 11 is -3.52. The molecular weight excluding hydrogens is 489 g/mol. The maximum Gasteiger partial charge on any atom is 0.508 e. The third kappa shape index (κ3) is 7.71. The minimum absolute atomic E-state index is 0.149. The Kier molecular flexibility index (Phi) is 8.25. The van der Waals surface area contributed by atoms with Gasteiger partial charge in [-0.1, -0.05) is 18.2 Å². The summed E-state index contributed by atoms with van der Waals surface area (Å²) in [7, 11) is 1.50. The molecule has 3 aromatic rings. The molecule has 3 rings (SSSR count). The maximum atomic E-state index is 12.4. The van der Waals surface area contributed by atoms with Crippen LogP contribution < -0.4 is 24.9 Å². The van der Waals surface area contributed by atoms with Crippen LogP contribution in [0.15, 0.2) is 66.9 Å². The number of hydrogen-bond acceptors (Lipinski definition) is 6. The summed E-state index contributed by atoms with van der Waals surface area (Å²) in [4.78, 5) is 27.8. The van der Waals surface area contributed by atoms with Gasteiger partial charge in [0.1, 0.15) is 22.9 Å². The molecule has 13 heteroatoms. The molecule has 0 aliphatic heterocycles. The number of ether oxygens (including phenoxy) is 1. The largest absolute Gasteiger partial charge is 0.508 e. The van der Waals surface area contributed by atoms with Crippen molar-refractivity contribution >= 4 is 28.7 Å². The summed E-state index contributed by atoms with van der Waals surface area (Å²) in [6.07, 6.45) is 1.45. The zero-order valence-electron chi connectivity index (χ0n) is 18.1. The van der Waals surface area contributed by atoms with Crippen molar-refractivity contribution in [1.82, 2.24) is 15.6 Å². The van der Waals surface area contributed by atoms with Gasteiger partial charge < -0.3 is 24.9 Å². The minimum atomic E-state index is -5.02. The fourth-order valence-electron chi connectivity index (χ4n) is 2.66. The molecule has 0 aliphatic carbocycles. The summed E-state index contributed by atoms with van der Waals surface area (Å²) in [5.41, 5.74) is -3.92. The van der Waals surface area contributed by atoms with Crippen molar-refractivity contribution in [2.75, 3.05) is 12.4 Å². The van der Waals surface area contributed by atoms with Crippen LogP contribution in [0, 0.1) is 0 Å². The Morgan fingerprint density at radius 3 is 2.43 bits per heavy atom. The number of carbonyl (C=O) groups excluding carboxylic acids is 2. The maximum absolute atomic E-state index is 12.4. The molecule has 1 aromatic heterocycles. The highest BCUT2D eigenvalue weighted by Gasteiger charge is 2.40. The fourth-order valence-corrected chi connectivity index (χ4v) is 3.03. The van der Waals surface area contributed by atoms with Gasteiger partial charge in [0.15, 0.2) is 0 Å². The molecule has 1 heterocycles. The smallest absolute Gasteiger partial charge is 0.457 e. The Labute approximate surface area is 200 Å².